The van der Waals surface area contributed by atoms with Crippen LogP contribution in [0, 0.1) is 22.2 Å². The Labute approximate surface area is 232 Å². The van der Waals surface area contributed by atoms with Crippen LogP contribution in [0.1, 0.15) is 68.9 Å². The van der Waals surface area contributed by atoms with E-state index in [-0.39, 0.29) is 41.7 Å². The first-order chi connectivity index (χ1) is 18.9. The summed E-state index contributed by atoms with van der Waals surface area (Å²) in [7, 11) is -2.55. The molecule has 1 amide bonds. The van der Waals surface area contributed by atoms with Gasteiger partial charge in [0.2, 0.25) is 11.8 Å². The van der Waals surface area contributed by atoms with Crippen molar-refractivity contribution in [1.29, 1.82) is 5.26 Å². The van der Waals surface area contributed by atoms with Crippen LogP contribution in [0.25, 0.3) is 11.3 Å². The molecule has 1 aliphatic heterocycles. The molecule has 2 aromatic rings. The number of primary amides is 1. The second-order valence-electron chi connectivity index (χ2n) is 11.9. The van der Waals surface area contributed by atoms with Crippen molar-refractivity contribution in [3.8, 4) is 17.3 Å². The fourth-order valence-electron chi connectivity index (χ4n) is 6.95. The molecule has 3 saturated carbocycles. The van der Waals surface area contributed by atoms with Crippen molar-refractivity contribution in [2.24, 2.45) is 16.6 Å². The van der Waals surface area contributed by atoms with Crippen LogP contribution in [0.3, 0.4) is 0 Å². The highest BCUT2D eigenvalue weighted by Crippen LogP contribution is 2.69. The number of alkyl halides is 3. The van der Waals surface area contributed by atoms with E-state index in [0.717, 1.165) is 12.1 Å². The number of carbonyl (C=O) groups is 1. The Morgan fingerprint density at radius 2 is 1.75 bits per heavy atom. The molecule has 8 nitrogen and oxygen atoms in total. The lowest BCUT2D eigenvalue weighted by Crippen LogP contribution is -2.50. The second kappa shape index (κ2) is 9.13. The average molecular weight is 579 g/mol. The number of halogens is 3. The standard InChI is InChI=1S/C28H33F3N4O4S/c29-28(30,31)26(11-12-26)24-34-21(18-4-6-19(7-5-18)35-13-15-40(37,38)16-14-35)22(39-24)20-3-1-2-8-27(20,23(33)36)25(17-32)9-10-25/h4-7,20,37-38H,1-3,8-16H2,(H2,33,36). The van der Waals surface area contributed by atoms with E-state index in [1.165, 1.54) is 0 Å². The highest BCUT2D eigenvalue weighted by molar-refractivity contribution is 8.24. The van der Waals surface area contributed by atoms with E-state index >= 15 is 0 Å². The molecule has 4 fully saturated rings. The smallest absolute Gasteiger partial charge is 0.403 e. The first-order valence-electron chi connectivity index (χ1n) is 13.8. The Morgan fingerprint density at radius 1 is 1.10 bits per heavy atom. The van der Waals surface area contributed by atoms with Crippen molar-refractivity contribution in [2.75, 3.05) is 29.5 Å². The summed E-state index contributed by atoms with van der Waals surface area (Å²) in [5.74, 6) is -0.881. The molecule has 12 heteroatoms. The Bertz CT molecular complexity index is 1350. The molecular formula is C28H33F3N4O4S. The summed E-state index contributed by atoms with van der Waals surface area (Å²) in [6, 6.07) is 9.55. The molecule has 2 unspecified atom stereocenters. The van der Waals surface area contributed by atoms with Gasteiger partial charge >= 0.3 is 6.18 Å². The van der Waals surface area contributed by atoms with E-state index in [4.69, 9.17) is 10.2 Å². The van der Waals surface area contributed by atoms with E-state index in [9.17, 15) is 32.3 Å². The zero-order valence-electron chi connectivity index (χ0n) is 22.0. The molecule has 2 heterocycles. The van der Waals surface area contributed by atoms with Gasteiger partial charge in [-0.1, -0.05) is 25.0 Å². The number of nitriles is 1. The van der Waals surface area contributed by atoms with Crippen LogP contribution < -0.4 is 10.6 Å². The number of nitrogens with zero attached hydrogens (tertiary/aromatic N) is 3. The van der Waals surface area contributed by atoms with E-state index in [1.54, 1.807) is 12.1 Å². The molecule has 40 heavy (non-hydrogen) atoms. The van der Waals surface area contributed by atoms with Crippen LogP contribution in [-0.2, 0) is 10.2 Å². The maximum absolute atomic E-state index is 14.2. The summed E-state index contributed by atoms with van der Waals surface area (Å²) in [6.07, 6.45) is -1.46. The van der Waals surface area contributed by atoms with Crippen LogP contribution in [-0.4, -0.2) is 50.8 Å². The van der Waals surface area contributed by atoms with Crippen molar-refractivity contribution in [3.63, 3.8) is 0 Å². The molecule has 4 aliphatic rings. The maximum Gasteiger partial charge on any atom is 0.403 e. The Balaban J connectivity index is 1.44. The Hall–Kier alpha value is -2.75. The van der Waals surface area contributed by atoms with Crippen LogP contribution in [0.15, 0.2) is 28.7 Å². The largest absolute Gasteiger partial charge is 0.444 e. The predicted molar refractivity (Wildman–Crippen MR) is 144 cm³/mol. The first kappa shape index (κ1) is 27.4. The topological polar surface area (TPSA) is 137 Å². The lowest BCUT2D eigenvalue weighted by molar-refractivity contribution is -0.166. The van der Waals surface area contributed by atoms with Crippen molar-refractivity contribution in [2.45, 2.75) is 68.9 Å². The van der Waals surface area contributed by atoms with E-state index in [2.05, 4.69) is 11.1 Å². The summed E-state index contributed by atoms with van der Waals surface area (Å²) < 4.78 is 68.4. The molecule has 2 atom stereocenters. The highest BCUT2D eigenvalue weighted by Gasteiger charge is 2.70. The van der Waals surface area contributed by atoms with Gasteiger partial charge in [-0.2, -0.15) is 29.0 Å². The van der Waals surface area contributed by atoms with Gasteiger partial charge in [-0.15, -0.1) is 0 Å². The van der Waals surface area contributed by atoms with E-state index in [1.807, 2.05) is 17.0 Å². The zero-order valence-corrected chi connectivity index (χ0v) is 22.9. The van der Waals surface area contributed by atoms with Crippen LogP contribution >= 0.6 is 10.6 Å². The predicted octanol–water partition coefficient (Wildman–Crippen LogP) is 5.94. The molecular weight excluding hydrogens is 545 g/mol. The van der Waals surface area contributed by atoms with Gasteiger partial charge in [0.15, 0.2) is 0 Å². The van der Waals surface area contributed by atoms with Gasteiger partial charge < -0.3 is 15.1 Å². The molecule has 3 aliphatic carbocycles. The highest BCUT2D eigenvalue weighted by atomic mass is 32.3. The van der Waals surface area contributed by atoms with Gasteiger partial charge in [0, 0.05) is 30.3 Å². The Morgan fingerprint density at radius 3 is 2.27 bits per heavy atom. The number of nitrogens with two attached hydrogens (primary N) is 1. The summed E-state index contributed by atoms with van der Waals surface area (Å²) in [6.45, 7) is 0.961. The van der Waals surface area contributed by atoms with Crippen molar-refractivity contribution < 1.29 is 31.5 Å². The van der Waals surface area contributed by atoms with Gasteiger partial charge in [-0.05, 0) is 50.7 Å². The van der Waals surface area contributed by atoms with Gasteiger partial charge in [0.05, 0.1) is 28.4 Å². The van der Waals surface area contributed by atoms with Gasteiger partial charge in [0.25, 0.3) is 0 Å². The van der Waals surface area contributed by atoms with Crippen molar-refractivity contribution in [1.82, 2.24) is 4.98 Å². The summed E-state index contributed by atoms with van der Waals surface area (Å²) in [5.41, 5.74) is 3.37. The van der Waals surface area contributed by atoms with Crippen LogP contribution in [0.5, 0.6) is 0 Å². The van der Waals surface area contributed by atoms with Crippen LogP contribution in [0.2, 0.25) is 0 Å². The molecule has 4 N–H and O–H groups in total. The fraction of sp³-hybridized carbons (Fsp3) is 0.607. The zero-order chi connectivity index (χ0) is 28.6. The monoisotopic (exact) mass is 578 g/mol. The first-order valence-corrected chi connectivity index (χ1v) is 15.6. The number of aromatic nitrogens is 1. The fourth-order valence-corrected chi connectivity index (χ4v) is 8.18. The maximum atomic E-state index is 14.2. The Kier molecular flexibility index (Phi) is 6.26. The number of hydrogen-bond acceptors (Lipinski definition) is 7. The molecule has 6 rings (SSSR count). The summed E-state index contributed by atoms with van der Waals surface area (Å²) in [4.78, 5) is 19.7. The van der Waals surface area contributed by atoms with Gasteiger partial charge in [0.1, 0.15) is 16.9 Å². The molecule has 0 spiro atoms. The summed E-state index contributed by atoms with van der Waals surface area (Å²) in [5, 5.41) is 10.1. The number of rotatable bonds is 6. The third-order valence-electron chi connectivity index (χ3n) is 9.72. The normalized spacial score (nSPS) is 29.3. The molecule has 1 saturated heterocycles. The van der Waals surface area contributed by atoms with E-state index in [0.29, 0.717) is 50.8 Å². The molecule has 1 aromatic heterocycles. The second-order valence-corrected chi connectivity index (χ2v) is 14.3. The lowest BCUT2D eigenvalue weighted by Gasteiger charge is -2.44. The SMILES string of the molecule is N#CC1(C2(C(N)=O)CCCCC2c2oc(C3(C(F)(F)F)CC3)nc2-c2ccc(N3CCS(O)(O)CC3)cc2)CC1. The summed E-state index contributed by atoms with van der Waals surface area (Å²) >= 11 is 0. The lowest BCUT2D eigenvalue weighted by atomic mass is 9.56. The third-order valence-corrected chi connectivity index (χ3v) is 11.4. The number of carbonyl (C=O) groups excluding carboxylic acids is 1. The van der Waals surface area contributed by atoms with Gasteiger partial charge in [-0.25, -0.2) is 4.98 Å². The van der Waals surface area contributed by atoms with Gasteiger partial charge in [-0.3, -0.25) is 13.9 Å². The van der Waals surface area contributed by atoms with Crippen molar-refractivity contribution in [3.05, 3.63) is 35.9 Å². The van der Waals surface area contributed by atoms with E-state index < -0.39 is 44.8 Å². The number of anilines is 1. The molecule has 0 radical (unpaired) electrons. The minimum atomic E-state index is -4.53. The minimum Gasteiger partial charge on any atom is -0.444 e. The minimum absolute atomic E-state index is 0.114. The van der Waals surface area contributed by atoms with Crippen molar-refractivity contribution >= 4 is 22.2 Å². The number of benzene rings is 1. The molecule has 0 bridgehead atoms. The number of oxazole rings is 1. The molecule has 216 valence electrons. The number of amides is 1. The third kappa shape index (κ3) is 4.11. The quantitative estimate of drug-likeness (QED) is 0.386. The molecule has 1 aromatic carbocycles. The van der Waals surface area contributed by atoms with Crippen LogP contribution in [0.4, 0.5) is 18.9 Å². The average Bonchev–Trinajstić information content (AvgIpc) is 3.85. The number of hydrogen-bond donors (Lipinski definition) is 3.